The second kappa shape index (κ2) is 8.69. The molecule has 6 heteroatoms. The van der Waals surface area contributed by atoms with Crippen molar-refractivity contribution in [3.05, 3.63) is 71.8 Å². The zero-order valence-corrected chi connectivity index (χ0v) is 15.8. The van der Waals surface area contributed by atoms with Gasteiger partial charge >= 0.3 is 12.1 Å². The van der Waals surface area contributed by atoms with Crippen LogP contribution in [-0.4, -0.2) is 31.0 Å². The van der Waals surface area contributed by atoms with Crippen LogP contribution in [0.25, 0.3) is 0 Å². The van der Waals surface area contributed by atoms with Gasteiger partial charge in [-0.3, -0.25) is 4.79 Å². The molecule has 0 unspecified atom stereocenters. The molecule has 3 rings (SSSR count). The average molecular weight is 381 g/mol. The van der Waals surface area contributed by atoms with Crippen molar-refractivity contribution >= 4 is 17.8 Å². The minimum absolute atomic E-state index is 0.0357. The Bertz CT molecular complexity index is 837. The van der Waals surface area contributed by atoms with Crippen molar-refractivity contribution in [2.24, 2.45) is 17.8 Å². The fraction of sp³-hybridized carbons (Fsp3) is 0.318. The number of ketones is 1. The molecular formula is C22H23NO5. The van der Waals surface area contributed by atoms with E-state index in [1.54, 1.807) is 24.3 Å². The van der Waals surface area contributed by atoms with Gasteiger partial charge in [-0.1, -0.05) is 67.6 Å². The molecule has 4 atom stereocenters. The van der Waals surface area contributed by atoms with Crippen molar-refractivity contribution in [3.8, 4) is 0 Å². The van der Waals surface area contributed by atoms with E-state index in [0.717, 1.165) is 5.56 Å². The van der Waals surface area contributed by atoms with E-state index in [9.17, 15) is 14.4 Å². The summed E-state index contributed by atoms with van der Waals surface area (Å²) < 4.78 is 10.0. The quantitative estimate of drug-likeness (QED) is 0.588. The first-order valence-electron chi connectivity index (χ1n) is 9.17. The highest BCUT2D eigenvalue weighted by atomic mass is 16.6. The van der Waals surface area contributed by atoms with Gasteiger partial charge in [0.2, 0.25) is 0 Å². The number of methoxy groups -OCH3 is 1. The fourth-order valence-electron chi connectivity index (χ4n) is 3.54. The highest BCUT2D eigenvalue weighted by molar-refractivity contribution is 6.00. The molecule has 0 aliphatic heterocycles. The maximum Gasteiger partial charge on any atom is 0.408 e. The van der Waals surface area contributed by atoms with Crippen molar-refractivity contribution in [1.29, 1.82) is 0 Å². The third-order valence-corrected chi connectivity index (χ3v) is 5.13. The summed E-state index contributed by atoms with van der Waals surface area (Å²) in [5, 5.41) is 2.58. The number of alkyl carbamates (subject to hydrolysis) is 1. The van der Waals surface area contributed by atoms with Crippen LogP contribution in [0.15, 0.2) is 60.7 Å². The standard InChI is InChI=1S/C22H23NO5/c1-14-17(18(14)20(24)16-11-7-4-8-12-16)19(21(25)27-2)23-22(26)28-13-15-9-5-3-6-10-15/h3-12,14,17-19H,13H2,1-2H3,(H,23,26)/t14-,17+,18+,19-/m0/s1. The van der Waals surface area contributed by atoms with Crippen molar-refractivity contribution < 1.29 is 23.9 Å². The average Bonchev–Trinajstić information content (AvgIpc) is 3.41. The van der Waals surface area contributed by atoms with Crippen LogP contribution in [0.3, 0.4) is 0 Å². The molecule has 0 aromatic heterocycles. The summed E-state index contributed by atoms with van der Waals surface area (Å²) in [6.45, 7) is 1.98. The number of ether oxygens (including phenoxy) is 2. The molecule has 0 radical (unpaired) electrons. The number of carbonyl (C=O) groups excluding carboxylic acids is 3. The Labute approximate surface area is 163 Å². The molecule has 6 nitrogen and oxygen atoms in total. The number of esters is 1. The van der Waals surface area contributed by atoms with Gasteiger partial charge in [-0.15, -0.1) is 0 Å². The monoisotopic (exact) mass is 381 g/mol. The van der Waals surface area contributed by atoms with E-state index in [2.05, 4.69) is 5.32 Å². The van der Waals surface area contributed by atoms with Crippen LogP contribution in [0.5, 0.6) is 0 Å². The summed E-state index contributed by atoms with van der Waals surface area (Å²) >= 11 is 0. The van der Waals surface area contributed by atoms with Gasteiger partial charge in [-0.05, 0) is 11.5 Å². The molecule has 2 aromatic carbocycles. The second-order valence-corrected chi connectivity index (χ2v) is 6.90. The van der Waals surface area contributed by atoms with Crippen LogP contribution in [0.2, 0.25) is 0 Å². The third kappa shape index (κ3) is 4.39. The first-order chi connectivity index (χ1) is 13.5. The lowest BCUT2D eigenvalue weighted by atomic mass is 10.0. The molecule has 1 amide bonds. The SMILES string of the molecule is COC(=O)[C@@H](NC(=O)OCc1ccccc1)[C@@H]1[C@H](C)[C@H]1C(=O)c1ccccc1. The van der Waals surface area contributed by atoms with Gasteiger partial charge in [0.05, 0.1) is 7.11 Å². The van der Waals surface area contributed by atoms with E-state index in [4.69, 9.17) is 9.47 Å². The predicted molar refractivity (Wildman–Crippen MR) is 102 cm³/mol. The normalized spacial score (nSPS) is 21.3. The smallest absolute Gasteiger partial charge is 0.408 e. The number of benzene rings is 2. The molecule has 0 heterocycles. The van der Waals surface area contributed by atoms with E-state index in [0.29, 0.717) is 5.56 Å². The van der Waals surface area contributed by atoms with Crippen LogP contribution in [-0.2, 0) is 20.9 Å². The molecule has 0 saturated heterocycles. The van der Waals surface area contributed by atoms with Gasteiger partial charge in [0, 0.05) is 17.4 Å². The summed E-state index contributed by atoms with van der Waals surface area (Å²) in [5.74, 6) is -1.35. The number of nitrogens with one attached hydrogen (secondary N) is 1. The number of carbonyl (C=O) groups is 3. The highest BCUT2D eigenvalue weighted by Crippen LogP contribution is 2.50. The van der Waals surface area contributed by atoms with Crippen molar-refractivity contribution in [3.63, 3.8) is 0 Å². The zero-order chi connectivity index (χ0) is 20.1. The van der Waals surface area contributed by atoms with E-state index in [1.807, 2.05) is 43.3 Å². The van der Waals surface area contributed by atoms with E-state index in [-0.39, 0.29) is 30.1 Å². The lowest BCUT2D eigenvalue weighted by Gasteiger charge is -2.16. The van der Waals surface area contributed by atoms with Gasteiger partial charge in [-0.2, -0.15) is 0 Å². The Balaban J connectivity index is 1.64. The molecule has 1 N–H and O–H groups in total. The lowest BCUT2D eigenvalue weighted by Crippen LogP contribution is -2.44. The first-order valence-corrected chi connectivity index (χ1v) is 9.17. The van der Waals surface area contributed by atoms with E-state index >= 15 is 0 Å². The molecule has 0 spiro atoms. The Morgan fingerprint density at radius 1 is 1.00 bits per heavy atom. The maximum atomic E-state index is 12.7. The first kappa shape index (κ1) is 19.6. The largest absolute Gasteiger partial charge is 0.467 e. The minimum Gasteiger partial charge on any atom is -0.467 e. The van der Waals surface area contributed by atoms with Gasteiger partial charge in [0.15, 0.2) is 5.78 Å². The maximum absolute atomic E-state index is 12.7. The van der Waals surface area contributed by atoms with Crippen LogP contribution in [0.1, 0.15) is 22.8 Å². The predicted octanol–water partition coefficient (Wildman–Crippen LogP) is 3.22. The fourth-order valence-corrected chi connectivity index (χ4v) is 3.54. The van der Waals surface area contributed by atoms with Crippen LogP contribution in [0, 0.1) is 17.8 Å². The van der Waals surface area contributed by atoms with Crippen molar-refractivity contribution in [2.75, 3.05) is 7.11 Å². The van der Waals surface area contributed by atoms with Crippen LogP contribution >= 0.6 is 0 Å². The molecule has 1 fully saturated rings. The number of hydrogen-bond donors (Lipinski definition) is 1. The number of hydrogen-bond acceptors (Lipinski definition) is 5. The van der Waals surface area contributed by atoms with Gasteiger partial charge in [0.1, 0.15) is 12.6 Å². The third-order valence-electron chi connectivity index (χ3n) is 5.13. The van der Waals surface area contributed by atoms with E-state index in [1.165, 1.54) is 7.11 Å². The van der Waals surface area contributed by atoms with E-state index < -0.39 is 18.1 Å². The highest BCUT2D eigenvalue weighted by Gasteiger charge is 2.58. The Hall–Kier alpha value is -3.15. The molecule has 146 valence electrons. The van der Waals surface area contributed by atoms with Crippen molar-refractivity contribution in [2.45, 2.75) is 19.6 Å². The molecule has 0 bridgehead atoms. The van der Waals surface area contributed by atoms with Gasteiger partial charge < -0.3 is 14.8 Å². The Morgan fingerprint density at radius 3 is 2.21 bits per heavy atom. The molecule has 28 heavy (non-hydrogen) atoms. The summed E-state index contributed by atoms with van der Waals surface area (Å²) in [7, 11) is 1.26. The minimum atomic E-state index is -0.930. The number of Topliss-reactive ketones (excluding diaryl/α,β-unsaturated/α-hetero) is 1. The molecule has 1 aliphatic carbocycles. The molecule has 2 aromatic rings. The van der Waals surface area contributed by atoms with Crippen molar-refractivity contribution in [1.82, 2.24) is 5.32 Å². The Kier molecular flexibility index (Phi) is 6.09. The lowest BCUT2D eigenvalue weighted by molar-refractivity contribution is -0.143. The molecule has 1 saturated carbocycles. The molecular weight excluding hydrogens is 358 g/mol. The van der Waals surface area contributed by atoms with Gasteiger partial charge in [-0.25, -0.2) is 9.59 Å². The number of rotatable bonds is 7. The van der Waals surface area contributed by atoms with Gasteiger partial charge in [0.25, 0.3) is 0 Å². The van der Waals surface area contributed by atoms with Crippen LogP contribution in [0.4, 0.5) is 4.79 Å². The zero-order valence-electron chi connectivity index (χ0n) is 15.8. The number of amides is 1. The van der Waals surface area contributed by atoms with Crippen LogP contribution < -0.4 is 5.32 Å². The summed E-state index contributed by atoms with van der Waals surface area (Å²) in [6, 6.07) is 17.2. The summed E-state index contributed by atoms with van der Waals surface area (Å²) in [4.78, 5) is 37.2. The topological polar surface area (TPSA) is 81.7 Å². The molecule has 1 aliphatic rings. The second-order valence-electron chi connectivity index (χ2n) is 6.90. The summed E-state index contributed by atoms with van der Waals surface area (Å²) in [5.41, 5.74) is 1.43. The summed E-state index contributed by atoms with van der Waals surface area (Å²) in [6.07, 6.45) is -0.718. The Morgan fingerprint density at radius 2 is 1.61 bits per heavy atom.